The lowest BCUT2D eigenvalue weighted by molar-refractivity contribution is 0.0910. The fourth-order valence-electron chi connectivity index (χ4n) is 1.20. The Balaban J connectivity index is 2.70. The van der Waals surface area contributed by atoms with Gasteiger partial charge in [0.15, 0.2) is 0 Å². The monoisotopic (exact) mass is 219 g/mol. The van der Waals surface area contributed by atoms with Gasteiger partial charge in [-0.3, -0.25) is 4.79 Å². The molecule has 0 aliphatic heterocycles. The number of aryl methyl sites for hydroxylation is 1. The summed E-state index contributed by atoms with van der Waals surface area (Å²) >= 11 is 0. The summed E-state index contributed by atoms with van der Waals surface area (Å²) in [7, 11) is 0. The first-order valence-electron chi connectivity index (χ1n) is 5.68. The van der Waals surface area contributed by atoms with Crippen LogP contribution >= 0.6 is 0 Å². The van der Waals surface area contributed by atoms with E-state index in [-0.39, 0.29) is 17.4 Å². The van der Waals surface area contributed by atoms with Crippen molar-refractivity contribution in [2.75, 3.05) is 0 Å². The molecule has 1 N–H and O–H groups in total. The van der Waals surface area contributed by atoms with Gasteiger partial charge in [0, 0.05) is 11.6 Å². The van der Waals surface area contributed by atoms with Crippen molar-refractivity contribution in [1.29, 1.82) is 0 Å². The van der Waals surface area contributed by atoms with Gasteiger partial charge in [-0.15, -0.1) is 0 Å². The topological polar surface area (TPSA) is 29.1 Å². The van der Waals surface area contributed by atoms with E-state index in [1.807, 2.05) is 38.1 Å². The van der Waals surface area contributed by atoms with Crippen LogP contribution in [0.4, 0.5) is 0 Å². The molecule has 1 unspecified atom stereocenters. The van der Waals surface area contributed by atoms with E-state index in [0.717, 1.165) is 5.56 Å². The summed E-state index contributed by atoms with van der Waals surface area (Å²) in [5.41, 5.74) is 1.97. The predicted octanol–water partition coefficient (Wildman–Crippen LogP) is 3.16. The van der Waals surface area contributed by atoms with Gasteiger partial charge in [0.05, 0.1) is 0 Å². The number of carbonyl (C=O) groups excluding carboxylic acids is 1. The summed E-state index contributed by atoms with van der Waals surface area (Å²) < 4.78 is 0. The largest absolute Gasteiger partial charge is 0.349 e. The zero-order valence-corrected chi connectivity index (χ0v) is 10.8. The minimum atomic E-state index is 0.00225. The Kier molecular flexibility index (Phi) is 3.74. The SMILES string of the molecule is Cc1ccc(C(=O)NC(C)C(C)(C)C)cc1. The van der Waals surface area contributed by atoms with Gasteiger partial charge in [-0.25, -0.2) is 0 Å². The quantitative estimate of drug-likeness (QED) is 0.813. The lowest BCUT2D eigenvalue weighted by Gasteiger charge is -2.28. The van der Waals surface area contributed by atoms with Crippen LogP contribution in [0.1, 0.15) is 43.6 Å². The molecule has 1 aromatic carbocycles. The number of benzene rings is 1. The molecule has 88 valence electrons. The van der Waals surface area contributed by atoms with Gasteiger partial charge in [-0.1, -0.05) is 38.5 Å². The molecule has 1 amide bonds. The van der Waals surface area contributed by atoms with E-state index >= 15 is 0 Å². The summed E-state index contributed by atoms with van der Waals surface area (Å²) in [6, 6.07) is 7.79. The Bertz CT molecular complexity index is 359. The lowest BCUT2D eigenvalue weighted by atomic mass is 9.88. The summed E-state index contributed by atoms with van der Waals surface area (Å²) in [4.78, 5) is 11.9. The third-order valence-electron chi connectivity index (χ3n) is 2.96. The molecule has 2 heteroatoms. The number of hydrogen-bond acceptors (Lipinski definition) is 1. The predicted molar refractivity (Wildman–Crippen MR) is 67.6 cm³/mol. The molecule has 16 heavy (non-hydrogen) atoms. The second-order valence-electron chi connectivity index (χ2n) is 5.43. The lowest BCUT2D eigenvalue weighted by Crippen LogP contribution is -2.41. The maximum absolute atomic E-state index is 11.9. The van der Waals surface area contributed by atoms with Crippen LogP contribution in [0.3, 0.4) is 0 Å². The van der Waals surface area contributed by atoms with Crippen molar-refractivity contribution in [3.63, 3.8) is 0 Å². The van der Waals surface area contributed by atoms with Gasteiger partial charge in [0.2, 0.25) is 0 Å². The highest BCUT2D eigenvalue weighted by atomic mass is 16.1. The Morgan fingerprint density at radius 1 is 1.19 bits per heavy atom. The fraction of sp³-hybridized carbons (Fsp3) is 0.500. The summed E-state index contributed by atoms with van der Waals surface area (Å²) in [6.07, 6.45) is 0. The number of nitrogens with one attached hydrogen (secondary N) is 1. The number of rotatable bonds is 2. The molecule has 0 heterocycles. The molecule has 0 aliphatic rings. The van der Waals surface area contributed by atoms with Crippen LogP contribution in [0.5, 0.6) is 0 Å². The van der Waals surface area contributed by atoms with E-state index in [1.54, 1.807) is 0 Å². The maximum atomic E-state index is 11.9. The molecule has 0 spiro atoms. The smallest absolute Gasteiger partial charge is 0.251 e. The highest BCUT2D eigenvalue weighted by molar-refractivity contribution is 5.94. The molecule has 0 bridgehead atoms. The molecule has 1 atom stereocenters. The van der Waals surface area contributed by atoms with Crippen molar-refractivity contribution in [3.8, 4) is 0 Å². The van der Waals surface area contributed by atoms with Crippen LogP contribution in [-0.4, -0.2) is 11.9 Å². The van der Waals surface area contributed by atoms with Gasteiger partial charge >= 0.3 is 0 Å². The first-order chi connectivity index (χ1) is 7.30. The van der Waals surface area contributed by atoms with Crippen LogP contribution in [0.2, 0.25) is 0 Å². The summed E-state index contributed by atoms with van der Waals surface area (Å²) in [5, 5.41) is 3.02. The van der Waals surface area contributed by atoms with Crippen molar-refractivity contribution in [3.05, 3.63) is 35.4 Å². The van der Waals surface area contributed by atoms with E-state index in [1.165, 1.54) is 5.56 Å². The van der Waals surface area contributed by atoms with E-state index in [9.17, 15) is 4.79 Å². The molecule has 0 saturated heterocycles. The van der Waals surface area contributed by atoms with Gasteiger partial charge in [-0.2, -0.15) is 0 Å². The van der Waals surface area contributed by atoms with Crippen LogP contribution < -0.4 is 5.32 Å². The fourth-order valence-corrected chi connectivity index (χ4v) is 1.20. The van der Waals surface area contributed by atoms with Crippen molar-refractivity contribution in [2.24, 2.45) is 5.41 Å². The molecule has 0 radical (unpaired) electrons. The first kappa shape index (κ1) is 12.8. The molecule has 0 fully saturated rings. The maximum Gasteiger partial charge on any atom is 0.251 e. The van der Waals surface area contributed by atoms with Gasteiger partial charge in [0.25, 0.3) is 5.91 Å². The summed E-state index contributed by atoms with van der Waals surface area (Å²) in [5.74, 6) is 0.00225. The van der Waals surface area contributed by atoms with Crippen LogP contribution in [-0.2, 0) is 0 Å². The average Bonchev–Trinajstić information content (AvgIpc) is 2.17. The Labute approximate surface area is 98.1 Å². The normalized spacial score (nSPS) is 13.3. The van der Waals surface area contributed by atoms with Gasteiger partial charge in [0.1, 0.15) is 0 Å². The molecular formula is C14H21NO. The van der Waals surface area contributed by atoms with Crippen molar-refractivity contribution in [1.82, 2.24) is 5.32 Å². The standard InChI is InChI=1S/C14H21NO/c1-10-6-8-12(9-7-10)13(16)15-11(2)14(3,4)5/h6-9,11H,1-5H3,(H,15,16). The molecule has 2 nitrogen and oxygen atoms in total. The number of carbonyl (C=O) groups is 1. The van der Waals surface area contributed by atoms with Crippen LogP contribution in [0.25, 0.3) is 0 Å². The molecule has 1 rings (SSSR count). The van der Waals surface area contributed by atoms with Gasteiger partial charge in [-0.05, 0) is 31.4 Å². The Morgan fingerprint density at radius 3 is 2.12 bits per heavy atom. The third kappa shape index (κ3) is 3.37. The summed E-state index contributed by atoms with van der Waals surface area (Å²) in [6.45, 7) is 10.4. The first-order valence-corrected chi connectivity index (χ1v) is 5.68. The zero-order valence-electron chi connectivity index (χ0n) is 10.8. The minimum Gasteiger partial charge on any atom is -0.349 e. The van der Waals surface area contributed by atoms with Crippen molar-refractivity contribution in [2.45, 2.75) is 40.7 Å². The Hall–Kier alpha value is -1.31. The van der Waals surface area contributed by atoms with E-state index in [2.05, 4.69) is 26.1 Å². The minimum absolute atomic E-state index is 0.00225. The van der Waals surface area contributed by atoms with Crippen LogP contribution in [0.15, 0.2) is 24.3 Å². The highest BCUT2D eigenvalue weighted by Crippen LogP contribution is 2.18. The zero-order chi connectivity index (χ0) is 12.3. The van der Waals surface area contributed by atoms with Crippen LogP contribution in [0, 0.1) is 12.3 Å². The molecule has 1 aromatic rings. The highest BCUT2D eigenvalue weighted by Gasteiger charge is 2.21. The van der Waals surface area contributed by atoms with E-state index < -0.39 is 0 Å². The van der Waals surface area contributed by atoms with Crippen molar-refractivity contribution < 1.29 is 4.79 Å². The second-order valence-corrected chi connectivity index (χ2v) is 5.43. The molecule has 0 aliphatic carbocycles. The molecule has 0 saturated carbocycles. The number of amides is 1. The van der Waals surface area contributed by atoms with E-state index in [0.29, 0.717) is 0 Å². The number of hydrogen-bond donors (Lipinski definition) is 1. The van der Waals surface area contributed by atoms with E-state index in [4.69, 9.17) is 0 Å². The second kappa shape index (κ2) is 4.69. The van der Waals surface area contributed by atoms with Crippen molar-refractivity contribution >= 4 is 5.91 Å². The third-order valence-corrected chi connectivity index (χ3v) is 2.96. The average molecular weight is 219 g/mol. The molecular weight excluding hydrogens is 198 g/mol. The van der Waals surface area contributed by atoms with Gasteiger partial charge < -0.3 is 5.32 Å². The Morgan fingerprint density at radius 2 is 1.69 bits per heavy atom. The molecule has 0 aromatic heterocycles.